The molecule has 2 aliphatic heterocycles. The van der Waals surface area contributed by atoms with Gasteiger partial charge in [0.25, 0.3) is 0 Å². The molecule has 1 saturated heterocycles. The van der Waals surface area contributed by atoms with Crippen molar-refractivity contribution in [2.24, 2.45) is 0 Å². The Morgan fingerprint density at radius 3 is 3.15 bits per heavy atom. The van der Waals surface area contributed by atoms with Crippen LogP contribution in [-0.4, -0.2) is 59.2 Å². The molecule has 2 aliphatic rings. The van der Waals surface area contributed by atoms with E-state index in [4.69, 9.17) is 14.5 Å². The molecule has 26 heavy (non-hydrogen) atoms. The van der Waals surface area contributed by atoms with Crippen LogP contribution in [0.25, 0.3) is 11.4 Å². The molecule has 0 unspecified atom stereocenters. The van der Waals surface area contributed by atoms with Crippen LogP contribution in [0.3, 0.4) is 0 Å². The molecule has 2 aromatic heterocycles. The maximum absolute atomic E-state index is 12.4. The van der Waals surface area contributed by atoms with E-state index in [2.05, 4.69) is 9.97 Å². The van der Waals surface area contributed by atoms with Gasteiger partial charge in [0.15, 0.2) is 5.82 Å². The molecule has 0 saturated carbocycles. The van der Waals surface area contributed by atoms with Gasteiger partial charge in [0.2, 0.25) is 5.91 Å². The highest BCUT2D eigenvalue weighted by Gasteiger charge is 2.46. The van der Waals surface area contributed by atoms with Crippen LogP contribution in [0.4, 0.5) is 0 Å². The zero-order chi connectivity index (χ0) is 18.0. The summed E-state index contributed by atoms with van der Waals surface area (Å²) >= 11 is 0. The van der Waals surface area contributed by atoms with Gasteiger partial charge in [-0.15, -0.1) is 0 Å². The number of amides is 1. The first-order chi connectivity index (χ1) is 12.7. The number of carbonyl (C=O) groups is 1. The molecule has 136 valence electrons. The van der Waals surface area contributed by atoms with Crippen molar-refractivity contribution in [2.75, 3.05) is 33.4 Å². The standard InChI is InChI=1S/C19H22N4O3/c1-25-8-4-16(24)23-7-5-19(12-23)13-26-11-15-10-21-18(22-17(15)19)14-3-2-6-20-9-14/h2-3,6,9-10H,4-5,7-8,11-13H2,1H3/t19-/m0/s1. The van der Waals surface area contributed by atoms with Crippen LogP contribution >= 0.6 is 0 Å². The largest absolute Gasteiger partial charge is 0.384 e. The van der Waals surface area contributed by atoms with Crippen LogP contribution in [0, 0.1) is 0 Å². The molecule has 4 rings (SSSR count). The zero-order valence-electron chi connectivity index (χ0n) is 14.9. The Balaban J connectivity index is 1.64. The van der Waals surface area contributed by atoms with Gasteiger partial charge < -0.3 is 14.4 Å². The highest BCUT2D eigenvalue weighted by Crippen LogP contribution is 2.39. The molecule has 0 aliphatic carbocycles. The third kappa shape index (κ3) is 3.08. The normalized spacial score (nSPS) is 21.8. The topological polar surface area (TPSA) is 77.4 Å². The zero-order valence-corrected chi connectivity index (χ0v) is 14.9. The Bertz CT molecular complexity index is 799. The fraction of sp³-hybridized carbons (Fsp3) is 0.474. The lowest BCUT2D eigenvalue weighted by Gasteiger charge is -2.34. The Hall–Kier alpha value is -2.38. The minimum Gasteiger partial charge on any atom is -0.384 e. The quantitative estimate of drug-likeness (QED) is 0.830. The van der Waals surface area contributed by atoms with Crippen LogP contribution in [0.15, 0.2) is 30.7 Å². The summed E-state index contributed by atoms with van der Waals surface area (Å²) in [6, 6.07) is 3.83. The third-order valence-corrected chi connectivity index (χ3v) is 5.15. The van der Waals surface area contributed by atoms with E-state index in [1.165, 1.54) is 0 Å². The van der Waals surface area contributed by atoms with Gasteiger partial charge in [-0.25, -0.2) is 9.97 Å². The minimum absolute atomic E-state index is 0.123. The first-order valence-electron chi connectivity index (χ1n) is 8.83. The van der Waals surface area contributed by atoms with E-state index in [9.17, 15) is 4.79 Å². The monoisotopic (exact) mass is 354 g/mol. The molecule has 7 nitrogen and oxygen atoms in total. The lowest BCUT2D eigenvalue weighted by Crippen LogP contribution is -2.41. The summed E-state index contributed by atoms with van der Waals surface area (Å²) in [6.45, 7) is 2.89. The van der Waals surface area contributed by atoms with Crippen molar-refractivity contribution >= 4 is 5.91 Å². The number of likely N-dealkylation sites (tertiary alicyclic amines) is 1. The van der Waals surface area contributed by atoms with Gasteiger partial charge in [-0.05, 0) is 18.6 Å². The average Bonchev–Trinajstić information content (AvgIpc) is 3.12. The molecule has 1 spiro atoms. The van der Waals surface area contributed by atoms with Crippen molar-refractivity contribution in [3.8, 4) is 11.4 Å². The maximum atomic E-state index is 12.4. The van der Waals surface area contributed by atoms with E-state index in [1.807, 2.05) is 23.2 Å². The smallest absolute Gasteiger partial charge is 0.224 e. The fourth-order valence-electron chi connectivity index (χ4n) is 3.77. The summed E-state index contributed by atoms with van der Waals surface area (Å²) in [4.78, 5) is 27.8. The van der Waals surface area contributed by atoms with Crippen molar-refractivity contribution in [3.63, 3.8) is 0 Å². The molecule has 1 fully saturated rings. The van der Waals surface area contributed by atoms with Crippen molar-refractivity contribution in [3.05, 3.63) is 42.0 Å². The predicted octanol–water partition coefficient (Wildman–Crippen LogP) is 1.58. The van der Waals surface area contributed by atoms with Gasteiger partial charge in [-0.3, -0.25) is 9.78 Å². The van der Waals surface area contributed by atoms with Gasteiger partial charge >= 0.3 is 0 Å². The van der Waals surface area contributed by atoms with Crippen LogP contribution in [0.1, 0.15) is 24.1 Å². The molecule has 4 heterocycles. The van der Waals surface area contributed by atoms with Crippen molar-refractivity contribution < 1.29 is 14.3 Å². The number of fused-ring (bicyclic) bond motifs is 2. The maximum Gasteiger partial charge on any atom is 0.224 e. The Morgan fingerprint density at radius 2 is 2.35 bits per heavy atom. The summed E-state index contributed by atoms with van der Waals surface area (Å²) in [5.41, 5.74) is 2.66. The van der Waals surface area contributed by atoms with E-state index in [0.717, 1.165) is 29.8 Å². The van der Waals surface area contributed by atoms with Gasteiger partial charge in [-0.1, -0.05) is 0 Å². The highest BCUT2D eigenvalue weighted by atomic mass is 16.5. The Morgan fingerprint density at radius 1 is 1.42 bits per heavy atom. The van der Waals surface area contributed by atoms with E-state index in [-0.39, 0.29) is 11.3 Å². The van der Waals surface area contributed by atoms with Crippen molar-refractivity contribution in [2.45, 2.75) is 24.9 Å². The molecule has 0 aromatic carbocycles. The Kier molecular flexibility index (Phi) is 4.65. The summed E-state index contributed by atoms with van der Waals surface area (Å²) in [5, 5.41) is 0. The molecule has 0 radical (unpaired) electrons. The second-order valence-corrected chi connectivity index (χ2v) is 6.89. The molecular weight excluding hydrogens is 332 g/mol. The molecule has 7 heteroatoms. The van der Waals surface area contributed by atoms with Crippen LogP contribution in [0.2, 0.25) is 0 Å². The number of hydrogen-bond acceptors (Lipinski definition) is 6. The number of rotatable bonds is 4. The Labute approximate surface area is 152 Å². The first-order valence-corrected chi connectivity index (χ1v) is 8.83. The van der Waals surface area contributed by atoms with Gasteiger partial charge in [0.05, 0.1) is 37.4 Å². The second kappa shape index (κ2) is 7.09. The molecule has 1 atom stereocenters. The first kappa shape index (κ1) is 17.1. The van der Waals surface area contributed by atoms with E-state index in [1.54, 1.807) is 19.5 Å². The number of ether oxygens (including phenoxy) is 2. The molecule has 2 aromatic rings. The second-order valence-electron chi connectivity index (χ2n) is 6.89. The average molecular weight is 354 g/mol. The number of nitrogens with zero attached hydrogens (tertiary/aromatic N) is 4. The number of pyridine rings is 1. The van der Waals surface area contributed by atoms with Crippen LogP contribution in [-0.2, 0) is 26.3 Å². The van der Waals surface area contributed by atoms with E-state index in [0.29, 0.717) is 38.6 Å². The minimum atomic E-state index is -0.254. The van der Waals surface area contributed by atoms with Crippen LogP contribution < -0.4 is 0 Å². The van der Waals surface area contributed by atoms with Crippen molar-refractivity contribution in [1.29, 1.82) is 0 Å². The lowest BCUT2D eigenvalue weighted by molar-refractivity contribution is -0.131. The number of hydrogen-bond donors (Lipinski definition) is 0. The summed E-state index contributed by atoms with van der Waals surface area (Å²) in [5.74, 6) is 0.791. The SMILES string of the molecule is COCCC(=O)N1CC[C@@]2(COCc3cnc(-c4cccnc4)nc32)C1. The number of carbonyl (C=O) groups excluding carboxylic acids is 1. The fourth-order valence-corrected chi connectivity index (χ4v) is 3.77. The van der Waals surface area contributed by atoms with Gasteiger partial charge in [0, 0.05) is 49.9 Å². The van der Waals surface area contributed by atoms with Crippen molar-refractivity contribution in [1.82, 2.24) is 19.9 Å². The highest BCUT2D eigenvalue weighted by molar-refractivity contribution is 5.77. The molecule has 0 N–H and O–H groups in total. The van der Waals surface area contributed by atoms with E-state index < -0.39 is 0 Å². The summed E-state index contributed by atoms with van der Waals surface area (Å²) in [7, 11) is 1.61. The van der Waals surface area contributed by atoms with Gasteiger partial charge in [0.1, 0.15) is 0 Å². The third-order valence-electron chi connectivity index (χ3n) is 5.15. The van der Waals surface area contributed by atoms with Gasteiger partial charge in [-0.2, -0.15) is 0 Å². The van der Waals surface area contributed by atoms with Crippen LogP contribution in [0.5, 0.6) is 0 Å². The number of aromatic nitrogens is 3. The molecule has 0 bridgehead atoms. The molecular formula is C19H22N4O3. The predicted molar refractivity (Wildman–Crippen MR) is 94.3 cm³/mol. The lowest BCUT2D eigenvalue weighted by atomic mass is 9.80. The summed E-state index contributed by atoms with van der Waals surface area (Å²) < 4.78 is 10.9. The molecule has 1 amide bonds. The summed E-state index contributed by atoms with van der Waals surface area (Å²) in [6.07, 6.45) is 6.61. The van der Waals surface area contributed by atoms with E-state index >= 15 is 0 Å². The number of methoxy groups -OCH3 is 1.